The first-order valence-electron chi connectivity index (χ1n) is 6.99. The van der Waals surface area contributed by atoms with Gasteiger partial charge in [-0.05, 0) is 51.0 Å². The highest BCUT2D eigenvalue weighted by molar-refractivity contribution is 5.07. The average molecular weight is 239 g/mol. The van der Waals surface area contributed by atoms with Crippen LogP contribution in [0.3, 0.4) is 0 Å². The van der Waals surface area contributed by atoms with Crippen LogP contribution in [0.1, 0.15) is 38.5 Å². The van der Waals surface area contributed by atoms with Gasteiger partial charge in [-0.3, -0.25) is 0 Å². The average Bonchev–Trinajstić information content (AvgIpc) is 3.00. The van der Waals surface area contributed by atoms with E-state index in [1.807, 2.05) is 0 Å². The molecule has 0 heterocycles. The van der Waals surface area contributed by atoms with E-state index in [0.717, 1.165) is 25.5 Å². The summed E-state index contributed by atoms with van der Waals surface area (Å²) < 4.78 is 5.45. The van der Waals surface area contributed by atoms with Crippen molar-refractivity contribution in [2.75, 3.05) is 26.3 Å². The Balaban J connectivity index is 1.40. The van der Waals surface area contributed by atoms with Crippen LogP contribution in [0.5, 0.6) is 0 Å². The van der Waals surface area contributed by atoms with Crippen molar-refractivity contribution in [3.8, 4) is 0 Å². The van der Waals surface area contributed by atoms with Crippen molar-refractivity contribution < 1.29 is 9.84 Å². The van der Waals surface area contributed by atoms with Gasteiger partial charge in [-0.15, -0.1) is 0 Å². The Bertz CT molecular complexity index is 249. The van der Waals surface area contributed by atoms with Gasteiger partial charge in [-0.2, -0.15) is 0 Å². The molecule has 2 aliphatic carbocycles. The summed E-state index contributed by atoms with van der Waals surface area (Å²) in [6.07, 6.45) is 9.61. The lowest BCUT2D eigenvalue weighted by Gasteiger charge is -2.12. The van der Waals surface area contributed by atoms with Gasteiger partial charge < -0.3 is 15.2 Å². The molecule has 0 aromatic rings. The Hall–Kier alpha value is -0.380. The van der Waals surface area contributed by atoms with Crippen molar-refractivity contribution >= 4 is 0 Å². The molecule has 0 bridgehead atoms. The number of ether oxygens (including phenoxy) is 1. The van der Waals surface area contributed by atoms with Gasteiger partial charge in [0, 0.05) is 13.2 Å². The van der Waals surface area contributed by atoms with Crippen LogP contribution >= 0.6 is 0 Å². The summed E-state index contributed by atoms with van der Waals surface area (Å²) in [6.45, 7) is 2.94. The number of aliphatic hydroxyl groups is 1. The standard InChI is InChI=1S/C14H25NO2/c16-14(11-17-10-13-5-6-13)9-15-8-7-12-3-1-2-4-12/h3,13-16H,1-2,4-11H2. The van der Waals surface area contributed by atoms with E-state index in [1.54, 1.807) is 5.57 Å². The predicted molar refractivity (Wildman–Crippen MR) is 69.0 cm³/mol. The first-order valence-corrected chi connectivity index (χ1v) is 6.99. The Morgan fingerprint density at radius 2 is 2.35 bits per heavy atom. The zero-order valence-corrected chi connectivity index (χ0v) is 10.7. The molecule has 2 aliphatic rings. The van der Waals surface area contributed by atoms with Crippen LogP contribution in [-0.4, -0.2) is 37.5 Å². The molecular weight excluding hydrogens is 214 g/mol. The van der Waals surface area contributed by atoms with Crippen LogP contribution in [0.15, 0.2) is 11.6 Å². The van der Waals surface area contributed by atoms with Gasteiger partial charge in [0.1, 0.15) is 0 Å². The van der Waals surface area contributed by atoms with Gasteiger partial charge in [0.05, 0.1) is 12.7 Å². The van der Waals surface area contributed by atoms with Gasteiger partial charge in [0.25, 0.3) is 0 Å². The molecule has 3 nitrogen and oxygen atoms in total. The summed E-state index contributed by atoms with van der Waals surface area (Å²) in [5.74, 6) is 0.782. The van der Waals surface area contributed by atoms with E-state index in [2.05, 4.69) is 11.4 Å². The lowest BCUT2D eigenvalue weighted by atomic mass is 10.2. The maximum atomic E-state index is 9.67. The molecular formula is C14H25NO2. The van der Waals surface area contributed by atoms with Crippen LogP contribution in [0.25, 0.3) is 0 Å². The molecule has 1 unspecified atom stereocenters. The SMILES string of the molecule is OC(CNCCC1=CCCC1)COCC1CC1. The normalized spacial score (nSPS) is 21.6. The molecule has 2 rings (SSSR count). The smallest absolute Gasteiger partial charge is 0.0897 e. The molecule has 98 valence electrons. The lowest BCUT2D eigenvalue weighted by molar-refractivity contribution is 0.0327. The van der Waals surface area contributed by atoms with Crippen LogP contribution in [0, 0.1) is 5.92 Å². The third-order valence-corrected chi connectivity index (χ3v) is 3.50. The van der Waals surface area contributed by atoms with E-state index in [0.29, 0.717) is 13.2 Å². The monoisotopic (exact) mass is 239 g/mol. The third kappa shape index (κ3) is 5.66. The van der Waals surface area contributed by atoms with Crippen LogP contribution < -0.4 is 5.32 Å². The van der Waals surface area contributed by atoms with Crippen molar-refractivity contribution in [1.82, 2.24) is 5.32 Å². The molecule has 1 fully saturated rings. The molecule has 1 atom stereocenters. The minimum absolute atomic E-state index is 0.355. The molecule has 0 aliphatic heterocycles. The Kier molecular flexibility index (Phi) is 5.49. The maximum absolute atomic E-state index is 9.67. The number of rotatable bonds is 9. The summed E-state index contributed by atoms with van der Waals surface area (Å²) in [5.41, 5.74) is 1.58. The largest absolute Gasteiger partial charge is 0.389 e. The van der Waals surface area contributed by atoms with E-state index in [1.165, 1.54) is 32.1 Å². The number of hydrogen-bond donors (Lipinski definition) is 2. The highest BCUT2D eigenvalue weighted by Crippen LogP contribution is 2.28. The molecule has 0 aromatic carbocycles. The first-order chi connectivity index (χ1) is 8.34. The molecule has 1 saturated carbocycles. The number of nitrogens with one attached hydrogen (secondary N) is 1. The van der Waals surface area contributed by atoms with Gasteiger partial charge in [-0.25, -0.2) is 0 Å². The van der Waals surface area contributed by atoms with Gasteiger partial charge in [0.15, 0.2) is 0 Å². The first kappa shape index (κ1) is 13.1. The Morgan fingerprint density at radius 1 is 1.47 bits per heavy atom. The van der Waals surface area contributed by atoms with E-state index in [4.69, 9.17) is 4.74 Å². The van der Waals surface area contributed by atoms with Crippen LogP contribution in [-0.2, 0) is 4.74 Å². The zero-order chi connectivity index (χ0) is 11.9. The topological polar surface area (TPSA) is 41.5 Å². The summed E-state index contributed by atoms with van der Waals surface area (Å²) in [4.78, 5) is 0. The quantitative estimate of drug-likeness (QED) is 0.477. The van der Waals surface area contributed by atoms with Crippen molar-refractivity contribution in [2.45, 2.75) is 44.6 Å². The minimum Gasteiger partial charge on any atom is -0.389 e. The van der Waals surface area contributed by atoms with Crippen molar-refractivity contribution in [1.29, 1.82) is 0 Å². The van der Waals surface area contributed by atoms with E-state index in [-0.39, 0.29) is 6.10 Å². The van der Waals surface area contributed by atoms with Crippen molar-refractivity contribution in [2.24, 2.45) is 5.92 Å². The van der Waals surface area contributed by atoms with Crippen LogP contribution in [0.2, 0.25) is 0 Å². The molecule has 0 spiro atoms. The molecule has 0 amide bonds. The fourth-order valence-electron chi connectivity index (χ4n) is 2.20. The van der Waals surface area contributed by atoms with Gasteiger partial charge in [0.2, 0.25) is 0 Å². The molecule has 0 radical (unpaired) electrons. The summed E-state index contributed by atoms with van der Waals surface area (Å²) >= 11 is 0. The van der Waals surface area contributed by atoms with Gasteiger partial charge in [-0.1, -0.05) is 11.6 Å². The lowest BCUT2D eigenvalue weighted by Crippen LogP contribution is -2.31. The molecule has 3 heteroatoms. The summed E-state index contributed by atoms with van der Waals surface area (Å²) in [5, 5.41) is 13.0. The van der Waals surface area contributed by atoms with Crippen molar-refractivity contribution in [3.63, 3.8) is 0 Å². The second-order valence-electron chi connectivity index (χ2n) is 5.34. The highest BCUT2D eigenvalue weighted by Gasteiger charge is 2.21. The minimum atomic E-state index is -0.355. The number of aliphatic hydroxyl groups excluding tert-OH is 1. The molecule has 0 saturated heterocycles. The van der Waals surface area contributed by atoms with E-state index < -0.39 is 0 Å². The zero-order valence-electron chi connectivity index (χ0n) is 10.7. The predicted octanol–water partition coefficient (Wildman–Crippen LogP) is 1.86. The number of allylic oxidation sites excluding steroid dienone is 1. The molecule has 17 heavy (non-hydrogen) atoms. The summed E-state index contributed by atoms with van der Waals surface area (Å²) in [7, 11) is 0. The fourth-order valence-corrected chi connectivity index (χ4v) is 2.20. The third-order valence-electron chi connectivity index (χ3n) is 3.50. The van der Waals surface area contributed by atoms with Crippen molar-refractivity contribution in [3.05, 3.63) is 11.6 Å². The Morgan fingerprint density at radius 3 is 3.06 bits per heavy atom. The molecule has 2 N–H and O–H groups in total. The van der Waals surface area contributed by atoms with Gasteiger partial charge >= 0.3 is 0 Å². The molecule has 0 aromatic heterocycles. The highest BCUT2D eigenvalue weighted by atomic mass is 16.5. The van der Waals surface area contributed by atoms with E-state index >= 15 is 0 Å². The fraction of sp³-hybridized carbons (Fsp3) is 0.857. The second-order valence-corrected chi connectivity index (χ2v) is 5.34. The second kappa shape index (κ2) is 7.14. The van der Waals surface area contributed by atoms with E-state index in [9.17, 15) is 5.11 Å². The number of hydrogen-bond acceptors (Lipinski definition) is 3. The van der Waals surface area contributed by atoms with Crippen LogP contribution in [0.4, 0.5) is 0 Å². The summed E-state index contributed by atoms with van der Waals surface area (Å²) in [6, 6.07) is 0. The maximum Gasteiger partial charge on any atom is 0.0897 e. The Labute approximate surface area is 104 Å².